The molecule has 0 bridgehead atoms. The summed E-state index contributed by atoms with van der Waals surface area (Å²) in [5.41, 5.74) is 0.587. The lowest BCUT2D eigenvalue weighted by Gasteiger charge is -2.33. The fourth-order valence-corrected chi connectivity index (χ4v) is 2.64. The van der Waals surface area contributed by atoms with Gasteiger partial charge in [-0.2, -0.15) is 0 Å². The highest BCUT2D eigenvalue weighted by Gasteiger charge is 2.26. The van der Waals surface area contributed by atoms with Gasteiger partial charge in [-0.25, -0.2) is 0 Å². The Morgan fingerprint density at radius 3 is 1.44 bits per heavy atom. The van der Waals surface area contributed by atoms with Crippen LogP contribution in [0.1, 0.15) is 85.0 Å². The summed E-state index contributed by atoms with van der Waals surface area (Å²) in [5.74, 6) is 0. The molecule has 96 valence electrons. The molecule has 0 heteroatoms. The highest BCUT2D eigenvalue weighted by Crippen LogP contribution is 2.40. The molecule has 0 nitrogen and oxygen atoms in total. The van der Waals surface area contributed by atoms with Crippen LogP contribution in [0.5, 0.6) is 0 Å². The monoisotopic (exact) mass is 224 g/mol. The van der Waals surface area contributed by atoms with Crippen LogP contribution < -0.4 is 0 Å². The smallest absolute Gasteiger partial charge is 0.0263 e. The second-order valence-corrected chi connectivity index (χ2v) is 5.30. The van der Waals surface area contributed by atoms with Gasteiger partial charge in [0.2, 0.25) is 0 Å². The van der Waals surface area contributed by atoms with Crippen LogP contribution in [0, 0.1) is 5.41 Å². The third-order valence-electron chi connectivity index (χ3n) is 3.76. The molecular formula is C16H32. The Morgan fingerprint density at radius 1 is 0.812 bits per heavy atom. The Kier molecular flexibility index (Phi) is 9.77. The molecule has 0 aliphatic rings. The van der Waals surface area contributed by atoms with Gasteiger partial charge in [0.1, 0.15) is 0 Å². The Bertz CT molecular complexity index is 136. The van der Waals surface area contributed by atoms with Gasteiger partial charge >= 0.3 is 0 Å². The van der Waals surface area contributed by atoms with E-state index < -0.39 is 0 Å². The Balaban J connectivity index is 4.37. The maximum atomic E-state index is 3.97. The van der Waals surface area contributed by atoms with Crippen LogP contribution >= 0.6 is 0 Å². The van der Waals surface area contributed by atoms with Crippen LogP contribution in [-0.2, 0) is 0 Å². The summed E-state index contributed by atoms with van der Waals surface area (Å²) in [4.78, 5) is 0. The Morgan fingerprint density at radius 2 is 1.19 bits per heavy atom. The summed E-state index contributed by atoms with van der Waals surface area (Å²) in [5, 5.41) is 0. The minimum Gasteiger partial charge on any atom is -0.103 e. The zero-order chi connectivity index (χ0) is 12.3. The third kappa shape index (κ3) is 6.35. The lowest BCUT2D eigenvalue weighted by molar-refractivity contribution is 0.202. The molecule has 0 rings (SSSR count). The van der Waals surface area contributed by atoms with Crippen LogP contribution in [-0.4, -0.2) is 0 Å². The summed E-state index contributed by atoms with van der Waals surface area (Å²) >= 11 is 0. The van der Waals surface area contributed by atoms with Crippen LogP contribution in [0.4, 0.5) is 0 Å². The Hall–Kier alpha value is -0.260. The maximum Gasteiger partial charge on any atom is -0.0263 e. The first kappa shape index (κ1) is 15.7. The van der Waals surface area contributed by atoms with Crippen LogP contribution in [0.2, 0.25) is 0 Å². The molecule has 0 aliphatic carbocycles. The van der Waals surface area contributed by atoms with E-state index in [2.05, 4.69) is 33.4 Å². The molecule has 16 heavy (non-hydrogen) atoms. The second-order valence-electron chi connectivity index (χ2n) is 5.30. The first-order valence-corrected chi connectivity index (χ1v) is 7.35. The highest BCUT2D eigenvalue weighted by atomic mass is 14.3. The van der Waals surface area contributed by atoms with Gasteiger partial charge in [-0.1, -0.05) is 65.4 Å². The van der Waals surface area contributed by atoms with Crippen molar-refractivity contribution in [2.75, 3.05) is 0 Å². The van der Waals surface area contributed by atoms with Gasteiger partial charge in [-0.15, -0.1) is 6.58 Å². The molecule has 0 atom stereocenters. The van der Waals surface area contributed by atoms with Gasteiger partial charge in [0.25, 0.3) is 0 Å². The lowest BCUT2D eigenvalue weighted by atomic mass is 9.72. The molecule has 0 saturated carbocycles. The molecule has 0 N–H and O–H groups in total. The van der Waals surface area contributed by atoms with Crippen molar-refractivity contribution in [1.29, 1.82) is 0 Å². The fraction of sp³-hybridized carbons (Fsp3) is 0.875. The molecule has 0 fully saturated rings. The van der Waals surface area contributed by atoms with Gasteiger partial charge in [-0.05, 0) is 31.1 Å². The van der Waals surface area contributed by atoms with Crippen LogP contribution in [0.15, 0.2) is 12.7 Å². The van der Waals surface area contributed by atoms with Gasteiger partial charge < -0.3 is 0 Å². The van der Waals surface area contributed by atoms with Gasteiger partial charge in [-0.3, -0.25) is 0 Å². The van der Waals surface area contributed by atoms with E-state index in [4.69, 9.17) is 0 Å². The van der Waals surface area contributed by atoms with Crippen molar-refractivity contribution in [3.63, 3.8) is 0 Å². The molecule has 0 radical (unpaired) electrons. The molecule has 0 unspecified atom stereocenters. The van der Waals surface area contributed by atoms with Crippen LogP contribution in [0.25, 0.3) is 0 Å². The van der Waals surface area contributed by atoms with E-state index in [1.165, 1.54) is 64.2 Å². The molecule has 0 amide bonds. The molecule has 0 spiro atoms. The van der Waals surface area contributed by atoms with E-state index >= 15 is 0 Å². The van der Waals surface area contributed by atoms with Crippen molar-refractivity contribution in [3.05, 3.63) is 12.7 Å². The van der Waals surface area contributed by atoms with Crippen molar-refractivity contribution in [2.45, 2.75) is 85.0 Å². The van der Waals surface area contributed by atoms with Crippen molar-refractivity contribution in [2.24, 2.45) is 5.41 Å². The molecule has 0 heterocycles. The predicted octanol–water partition coefficient (Wildman–Crippen LogP) is 6.12. The van der Waals surface area contributed by atoms with E-state index in [1.807, 2.05) is 0 Å². The molecule has 0 saturated heterocycles. The minimum absolute atomic E-state index is 0.587. The summed E-state index contributed by atoms with van der Waals surface area (Å²) in [6, 6.07) is 0. The van der Waals surface area contributed by atoms with Crippen LogP contribution in [0.3, 0.4) is 0 Å². The van der Waals surface area contributed by atoms with Gasteiger partial charge in [0, 0.05) is 0 Å². The van der Waals surface area contributed by atoms with Crippen molar-refractivity contribution in [3.8, 4) is 0 Å². The standard InChI is InChI=1S/C16H32/c1-5-9-13-16(12-8-4,14-10-6-2)15-11-7-3/h8H,4-7,9-15H2,1-3H3. The average molecular weight is 224 g/mol. The Labute approximate surface area is 104 Å². The third-order valence-corrected chi connectivity index (χ3v) is 3.76. The molecule has 0 aromatic carbocycles. The quantitative estimate of drug-likeness (QED) is 0.371. The fourth-order valence-electron chi connectivity index (χ4n) is 2.64. The lowest BCUT2D eigenvalue weighted by Crippen LogP contribution is -2.20. The summed E-state index contributed by atoms with van der Waals surface area (Å²) in [7, 11) is 0. The van der Waals surface area contributed by atoms with E-state index in [0.29, 0.717) is 5.41 Å². The zero-order valence-electron chi connectivity index (χ0n) is 11.9. The topological polar surface area (TPSA) is 0 Å². The first-order chi connectivity index (χ1) is 7.74. The SMILES string of the molecule is C=CCC(CCCC)(CCCC)CCCC. The molecular weight excluding hydrogens is 192 g/mol. The van der Waals surface area contributed by atoms with Crippen molar-refractivity contribution >= 4 is 0 Å². The van der Waals surface area contributed by atoms with E-state index in [0.717, 1.165) is 0 Å². The van der Waals surface area contributed by atoms with Gasteiger partial charge in [0.15, 0.2) is 0 Å². The predicted molar refractivity (Wildman–Crippen MR) is 75.8 cm³/mol. The average Bonchev–Trinajstić information content (AvgIpc) is 2.31. The first-order valence-electron chi connectivity index (χ1n) is 7.35. The second kappa shape index (κ2) is 9.93. The normalized spacial score (nSPS) is 11.7. The molecule has 0 aromatic heterocycles. The molecule has 0 aliphatic heterocycles. The number of unbranched alkanes of at least 4 members (excludes halogenated alkanes) is 3. The summed E-state index contributed by atoms with van der Waals surface area (Å²) in [6.07, 6.45) is 15.8. The summed E-state index contributed by atoms with van der Waals surface area (Å²) in [6.45, 7) is 10.9. The number of allylic oxidation sites excluding steroid dienone is 1. The largest absolute Gasteiger partial charge is 0.103 e. The van der Waals surface area contributed by atoms with E-state index in [1.54, 1.807) is 0 Å². The highest BCUT2D eigenvalue weighted by molar-refractivity contribution is 4.86. The number of hydrogen-bond donors (Lipinski definition) is 0. The van der Waals surface area contributed by atoms with Crippen molar-refractivity contribution in [1.82, 2.24) is 0 Å². The minimum atomic E-state index is 0.587. The molecule has 0 aromatic rings. The van der Waals surface area contributed by atoms with E-state index in [9.17, 15) is 0 Å². The summed E-state index contributed by atoms with van der Waals surface area (Å²) < 4.78 is 0. The van der Waals surface area contributed by atoms with Crippen molar-refractivity contribution < 1.29 is 0 Å². The maximum absolute atomic E-state index is 3.97. The van der Waals surface area contributed by atoms with E-state index in [-0.39, 0.29) is 0 Å². The number of rotatable bonds is 11. The van der Waals surface area contributed by atoms with Gasteiger partial charge in [0.05, 0.1) is 0 Å². The number of hydrogen-bond acceptors (Lipinski definition) is 0. The zero-order valence-corrected chi connectivity index (χ0v) is 11.9.